The van der Waals surface area contributed by atoms with Gasteiger partial charge in [0, 0.05) is 6.42 Å². The molecule has 0 saturated heterocycles. The molecule has 38 valence electrons. The maximum atomic E-state index is 9.37. The zero-order chi connectivity index (χ0) is 4.28. The van der Waals surface area contributed by atoms with E-state index in [1.807, 2.05) is 0 Å². The molecule has 0 rings (SSSR count). The normalized spacial score (nSPS) is 6.17. The topological polar surface area (TPSA) is 37.3 Å². The van der Waals surface area contributed by atoms with Gasteiger partial charge in [-0.05, 0) is 0 Å². The second kappa shape index (κ2) is 5.29. The van der Waals surface area contributed by atoms with Crippen molar-refractivity contribution in [3.63, 3.8) is 0 Å². The monoisotopic (exact) mass is 198 g/mol. The Balaban J connectivity index is 0. The predicted octanol–water partition coefficient (Wildman–Crippen LogP) is -0.703. The van der Waals surface area contributed by atoms with Crippen LogP contribution in [0.4, 0.5) is 0 Å². The molecule has 6 heavy (non-hydrogen) atoms. The summed E-state index contributed by atoms with van der Waals surface area (Å²) in [7, 11) is 0. The van der Waals surface area contributed by atoms with Gasteiger partial charge >= 0.3 is 30.4 Å². The summed E-state index contributed by atoms with van der Waals surface area (Å²) in [5.74, 6) is -0.745. The van der Waals surface area contributed by atoms with Crippen LogP contribution in [0.25, 0.3) is 0 Å². The van der Waals surface area contributed by atoms with Crippen molar-refractivity contribution in [2.24, 2.45) is 0 Å². The van der Waals surface area contributed by atoms with Crippen LogP contribution in [0.1, 0.15) is 13.3 Å². The van der Waals surface area contributed by atoms with Crippen molar-refractivity contribution in [2.75, 3.05) is 0 Å². The first-order valence-corrected chi connectivity index (χ1v) is 1.49. The summed E-state index contributed by atoms with van der Waals surface area (Å²) in [6, 6.07) is 0. The van der Waals surface area contributed by atoms with Gasteiger partial charge in [-0.15, -0.1) is 0 Å². The van der Waals surface area contributed by atoms with Crippen molar-refractivity contribution in [3.05, 3.63) is 0 Å². The summed E-state index contributed by atoms with van der Waals surface area (Å²) in [4.78, 5) is 9.37. The first-order chi connectivity index (χ1) is 2.27. The van der Waals surface area contributed by atoms with Gasteiger partial charge in [0.2, 0.25) is 0 Å². The fraction of sp³-hybridized carbons (Fsp3) is 0.667. The first kappa shape index (κ1) is 9.56. The fourth-order valence-electron chi connectivity index (χ4n) is 0. The summed E-state index contributed by atoms with van der Waals surface area (Å²) >= 11 is 0. The number of hydrogen-bond acceptors (Lipinski definition) is 1. The average molecular weight is 199 g/mol. The van der Waals surface area contributed by atoms with Crippen molar-refractivity contribution in [1.82, 2.24) is 0 Å². The molecule has 0 spiro atoms. The molecule has 0 atom stereocenters. The zero-order valence-corrected chi connectivity index (χ0v) is 7.81. The average Bonchev–Trinajstić information content (AvgIpc) is 1.38. The molecule has 0 aromatic rings. The Hall–Kier alpha value is 0.288. The van der Waals surface area contributed by atoms with E-state index in [0.29, 0.717) is 0 Å². The van der Waals surface area contributed by atoms with Crippen molar-refractivity contribution in [1.29, 1.82) is 0 Å². The third-order valence-electron chi connectivity index (χ3n) is 0.302. The van der Waals surface area contributed by atoms with Crippen molar-refractivity contribution < 1.29 is 9.90 Å². The summed E-state index contributed by atoms with van der Waals surface area (Å²) < 4.78 is 0. The van der Waals surface area contributed by atoms with Gasteiger partial charge in [-0.3, -0.25) is 4.79 Å². The van der Waals surface area contributed by atoms with Crippen LogP contribution in [-0.2, 0) is 4.79 Å². The Morgan fingerprint density at radius 3 is 2.00 bits per heavy atom. The van der Waals surface area contributed by atoms with E-state index in [9.17, 15) is 4.79 Å². The van der Waals surface area contributed by atoms with Crippen molar-refractivity contribution in [3.8, 4) is 0 Å². The molecule has 0 heterocycles. The van der Waals surface area contributed by atoms with E-state index in [0.717, 1.165) is 0 Å². The molecule has 0 bridgehead atoms. The van der Waals surface area contributed by atoms with Gasteiger partial charge in [-0.25, -0.2) is 0 Å². The summed E-state index contributed by atoms with van der Waals surface area (Å²) in [5.41, 5.74) is 0. The van der Waals surface area contributed by atoms with Gasteiger partial charge in [0.05, 0.1) is 0 Å². The van der Waals surface area contributed by atoms with E-state index < -0.39 is 5.97 Å². The van der Waals surface area contributed by atoms with Gasteiger partial charge in [-0.2, -0.15) is 0 Å². The Morgan fingerprint density at radius 2 is 2.00 bits per heavy atom. The third-order valence-corrected chi connectivity index (χ3v) is 0.302. The molecular formula is C3H9O2Sb. The molecule has 0 aliphatic heterocycles. The first-order valence-electron chi connectivity index (χ1n) is 1.49. The molecule has 0 aromatic heterocycles. The van der Waals surface area contributed by atoms with Crippen molar-refractivity contribution >= 4 is 30.4 Å². The van der Waals surface area contributed by atoms with Gasteiger partial charge in [0.1, 0.15) is 0 Å². The summed E-state index contributed by atoms with van der Waals surface area (Å²) in [6.07, 6.45) is 0.222. The van der Waals surface area contributed by atoms with Gasteiger partial charge < -0.3 is 5.11 Å². The Labute approximate surface area is 54.0 Å². The van der Waals surface area contributed by atoms with Crippen LogP contribution in [0.5, 0.6) is 0 Å². The Kier molecular flexibility index (Phi) is 8.43. The number of rotatable bonds is 1. The molecule has 0 aliphatic carbocycles. The van der Waals surface area contributed by atoms with Crippen LogP contribution in [0.2, 0.25) is 0 Å². The van der Waals surface area contributed by atoms with E-state index in [4.69, 9.17) is 5.11 Å². The zero-order valence-electron chi connectivity index (χ0n) is 3.77. The quantitative estimate of drug-likeness (QED) is 0.566. The second-order valence-corrected chi connectivity index (χ2v) is 0.747. The Morgan fingerprint density at radius 1 is 1.83 bits per heavy atom. The van der Waals surface area contributed by atoms with E-state index in [2.05, 4.69) is 0 Å². The van der Waals surface area contributed by atoms with E-state index in [1.54, 1.807) is 6.92 Å². The van der Waals surface area contributed by atoms with Crippen LogP contribution in [0, 0.1) is 0 Å². The number of aliphatic carboxylic acids is 1. The van der Waals surface area contributed by atoms with Crippen molar-refractivity contribution in [2.45, 2.75) is 13.3 Å². The van der Waals surface area contributed by atoms with Crippen LogP contribution < -0.4 is 0 Å². The molecule has 2 nitrogen and oxygen atoms in total. The van der Waals surface area contributed by atoms with Crippen LogP contribution in [0.15, 0.2) is 0 Å². The fourth-order valence-corrected chi connectivity index (χ4v) is 0. The second-order valence-electron chi connectivity index (χ2n) is 0.747. The molecule has 0 saturated carbocycles. The standard InChI is InChI=1S/C3H6O2.Sb.3H/c1-2-3(4)5;;;;/h2H2,1H3,(H,4,5);;;;. The van der Waals surface area contributed by atoms with E-state index in [-0.39, 0.29) is 30.8 Å². The molecule has 0 unspecified atom stereocenters. The summed E-state index contributed by atoms with van der Waals surface area (Å²) in [5, 5.41) is 7.72. The van der Waals surface area contributed by atoms with Crippen LogP contribution in [0.3, 0.4) is 0 Å². The number of carbonyl (C=O) groups is 1. The third kappa shape index (κ3) is 8.86. The molecule has 0 radical (unpaired) electrons. The van der Waals surface area contributed by atoms with Gasteiger partial charge in [0.15, 0.2) is 0 Å². The number of carboxylic acids is 1. The molecule has 0 amide bonds. The molecule has 0 fully saturated rings. The minimum atomic E-state index is -0.745. The van der Waals surface area contributed by atoms with Gasteiger partial charge in [-0.1, -0.05) is 6.92 Å². The SMILES string of the molecule is CCC(=O)O.[SbH3]. The van der Waals surface area contributed by atoms with Crippen LogP contribution >= 0.6 is 0 Å². The molecule has 0 aliphatic rings. The summed E-state index contributed by atoms with van der Waals surface area (Å²) in [6.45, 7) is 1.60. The van der Waals surface area contributed by atoms with E-state index in [1.165, 1.54) is 0 Å². The minimum absolute atomic E-state index is 0. The van der Waals surface area contributed by atoms with Crippen LogP contribution in [-0.4, -0.2) is 35.5 Å². The Bertz CT molecular complexity index is 44.1. The molecular weight excluding hydrogens is 190 g/mol. The molecule has 3 heteroatoms. The van der Waals surface area contributed by atoms with Gasteiger partial charge in [0.25, 0.3) is 0 Å². The molecule has 1 N–H and O–H groups in total. The molecule has 0 aromatic carbocycles. The predicted molar refractivity (Wildman–Crippen MR) is 27.9 cm³/mol. The van der Waals surface area contributed by atoms with E-state index >= 15 is 0 Å². The number of carboxylic acid groups (broad SMARTS) is 1. The maximum absolute atomic E-state index is 9.37. The number of hydrogen-bond donors (Lipinski definition) is 1.